The van der Waals surface area contributed by atoms with Crippen LogP contribution in [0.2, 0.25) is 0 Å². The van der Waals surface area contributed by atoms with Crippen LogP contribution in [-0.4, -0.2) is 45.4 Å². The summed E-state index contributed by atoms with van der Waals surface area (Å²) in [6.07, 6.45) is 1.08. The number of nitrogens with zero attached hydrogens (tertiary/aromatic N) is 1. The molecule has 1 aromatic heterocycles. The fraction of sp³-hybridized carbons (Fsp3) is 0.567. The fourth-order valence-electron chi connectivity index (χ4n) is 5.66. The average Bonchev–Trinajstić information content (AvgIpc) is 3.15. The first-order valence-electron chi connectivity index (χ1n) is 14.1. The number of amides is 2. The van der Waals surface area contributed by atoms with E-state index in [-0.39, 0.29) is 17.5 Å². The van der Waals surface area contributed by atoms with Crippen molar-refractivity contribution in [3.05, 3.63) is 41.1 Å². The van der Waals surface area contributed by atoms with E-state index in [2.05, 4.69) is 15.4 Å². The summed E-state index contributed by atoms with van der Waals surface area (Å²) in [5, 5.41) is 14.8. The molecular weight excluding hydrogens is 539 g/mol. The van der Waals surface area contributed by atoms with Crippen LogP contribution in [0.5, 0.6) is 5.75 Å². The predicted octanol–water partition coefficient (Wildman–Crippen LogP) is 6.06. The van der Waals surface area contributed by atoms with E-state index in [0.29, 0.717) is 47.8 Å². The molecule has 2 aromatic rings. The van der Waals surface area contributed by atoms with Crippen LogP contribution in [0.3, 0.4) is 0 Å². The van der Waals surface area contributed by atoms with Gasteiger partial charge in [0.1, 0.15) is 5.75 Å². The Kier molecular flexibility index (Phi) is 8.75. The Morgan fingerprint density at radius 3 is 2.24 bits per heavy atom. The SMILES string of the molecule is Cc1c(C(=O)N[C@H]2C[C@H](C(=O)O)C2)cc(-c2cc(OC(F)(F)F)cc(C(=O)NC(C)(C)C)c2)n1CC1CCCCC1. The molecule has 2 saturated carbocycles. The van der Waals surface area contributed by atoms with Gasteiger partial charge in [-0.15, -0.1) is 13.2 Å². The highest BCUT2D eigenvalue weighted by molar-refractivity contribution is 5.99. The van der Waals surface area contributed by atoms with Crippen molar-refractivity contribution in [3.8, 4) is 17.0 Å². The molecule has 1 heterocycles. The van der Waals surface area contributed by atoms with Gasteiger partial charge in [-0.05, 0) is 83.6 Å². The lowest BCUT2D eigenvalue weighted by Gasteiger charge is -2.32. The fourth-order valence-corrected chi connectivity index (χ4v) is 5.66. The summed E-state index contributed by atoms with van der Waals surface area (Å²) in [4.78, 5) is 37.5. The van der Waals surface area contributed by atoms with Crippen molar-refractivity contribution in [1.29, 1.82) is 0 Å². The molecule has 4 rings (SSSR count). The number of hydrogen-bond donors (Lipinski definition) is 3. The summed E-state index contributed by atoms with van der Waals surface area (Å²) < 4.78 is 46.0. The lowest BCUT2D eigenvalue weighted by atomic mass is 9.80. The highest BCUT2D eigenvalue weighted by Gasteiger charge is 2.36. The molecule has 0 aliphatic heterocycles. The standard InChI is InChI=1S/C30H38F3N3O5/c1-17-24(27(38)34-22-11-21(12-22)28(39)40)15-25(36(17)16-18-8-6-5-7-9-18)19-10-20(26(37)35-29(2,3)4)14-23(13-19)41-30(31,32)33/h10,13-15,18,21-22H,5-9,11-12,16H2,1-4H3,(H,34,38)(H,35,37)(H,39,40)/t21-,22-. The number of aliphatic carboxylic acids is 1. The first-order chi connectivity index (χ1) is 19.1. The molecule has 2 aliphatic rings. The summed E-state index contributed by atoms with van der Waals surface area (Å²) in [6, 6.07) is 5.19. The molecular formula is C30H38F3N3O5. The highest BCUT2D eigenvalue weighted by atomic mass is 19.4. The molecule has 8 nitrogen and oxygen atoms in total. The molecule has 0 spiro atoms. The van der Waals surface area contributed by atoms with E-state index in [1.807, 2.05) is 4.57 Å². The smallest absolute Gasteiger partial charge is 0.481 e. The van der Waals surface area contributed by atoms with Gasteiger partial charge >= 0.3 is 12.3 Å². The largest absolute Gasteiger partial charge is 0.573 e. The molecule has 224 valence electrons. The number of carbonyl (C=O) groups excluding carboxylic acids is 2. The third kappa shape index (κ3) is 7.83. The Balaban J connectivity index is 1.75. The number of carboxylic acids is 1. The van der Waals surface area contributed by atoms with Crippen LogP contribution in [0.15, 0.2) is 24.3 Å². The molecule has 0 atom stereocenters. The van der Waals surface area contributed by atoms with Crippen LogP contribution in [0.1, 0.15) is 92.1 Å². The number of aromatic nitrogens is 1. The Morgan fingerprint density at radius 2 is 1.66 bits per heavy atom. The first kappa shape index (κ1) is 30.5. The van der Waals surface area contributed by atoms with Gasteiger partial charge in [-0.2, -0.15) is 0 Å². The normalized spacial score (nSPS) is 19.8. The van der Waals surface area contributed by atoms with E-state index in [4.69, 9.17) is 5.11 Å². The maximum atomic E-state index is 13.3. The molecule has 2 aliphatic carbocycles. The summed E-state index contributed by atoms with van der Waals surface area (Å²) in [5.74, 6) is -2.48. The van der Waals surface area contributed by atoms with Gasteiger partial charge in [0, 0.05) is 40.6 Å². The minimum absolute atomic E-state index is 0.0000681. The minimum Gasteiger partial charge on any atom is -0.481 e. The molecule has 1 aromatic carbocycles. The average molecular weight is 578 g/mol. The van der Waals surface area contributed by atoms with Gasteiger partial charge < -0.3 is 25.0 Å². The Bertz CT molecular complexity index is 1300. The monoisotopic (exact) mass is 577 g/mol. The number of carbonyl (C=O) groups is 3. The van der Waals surface area contributed by atoms with Crippen molar-refractivity contribution < 1.29 is 37.4 Å². The number of nitrogens with one attached hydrogen (secondary N) is 2. The molecule has 41 heavy (non-hydrogen) atoms. The topological polar surface area (TPSA) is 110 Å². The van der Waals surface area contributed by atoms with E-state index in [1.54, 1.807) is 33.8 Å². The molecule has 0 unspecified atom stereocenters. The number of benzene rings is 1. The highest BCUT2D eigenvalue weighted by Crippen LogP contribution is 2.35. The second-order valence-corrected chi connectivity index (χ2v) is 12.3. The number of carboxylic acid groups (broad SMARTS) is 1. The number of halogens is 3. The Hall–Kier alpha value is -3.50. The van der Waals surface area contributed by atoms with Crippen molar-refractivity contribution >= 4 is 17.8 Å². The molecule has 3 N–H and O–H groups in total. The van der Waals surface area contributed by atoms with Gasteiger partial charge in [-0.1, -0.05) is 19.3 Å². The van der Waals surface area contributed by atoms with Gasteiger partial charge in [-0.25, -0.2) is 0 Å². The van der Waals surface area contributed by atoms with Gasteiger partial charge in [0.15, 0.2) is 0 Å². The van der Waals surface area contributed by atoms with E-state index in [9.17, 15) is 27.6 Å². The summed E-state index contributed by atoms with van der Waals surface area (Å²) in [6.45, 7) is 7.68. The Morgan fingerprint density at radius 1 is 1.00 bits per heavy atom. The van der Waals surface area contributed by atoms with Crippen LogP contribution < -0.4 is 15.4 Å². The maximum Gasteiger partial charge on any atom is 0.573 e. The lowest BCUT2D eigenvalue weighted by Crippen LogP contribution is -2.46. The van der Waals surface area contributed by atoms with Gasteiger partial charge in [0.05, 0.1) is 11.5 Å². The van der Waals surface area contributed by atoms with Gasteiger partial charge in [0.25, 0.3) is 11.8 Å². The van der Waals surface area contributed by atoms with Crippen molar-refractivity contribution in [2.24, 2.45) is 11.8 Å². The molecule has 11 heteroatoms. The third-order valence-electron chi connectivity index (χ3n) is 7.79. The van der Waals surface area contributed by atoms with Gasteiger partial charge in [0.2, 0.25) is 0 Å². The number of ether oxygens (including phenoxy) is 1. The third-order valence-corrected chi connectivity index (χ3v) is 7.79. The molecule has 0 saturated heterocycles. The zero-order valence-corrected chi connectivity index (χ0v) is 23.9. The number of rotatable bonds is 8. The van der Waals surface area contributed by atoms with Crippen molar-refractivity contribution in [2.45, 2.75) is 97.1 Å². The van der Waals surface area contributed by atoms with Crippen LogP contribution in [-0.2, 0) is 11.3 Å². The van der Waals surface area contributed by atoms with E-state index in [1.165, 1.54) is 12.1 Å². The van der Waals surface area contributed by atoms with E-state index >= 15 is 0 Å². The number of hydrogen-bond acceptors (Lipinski definition) is 4. The quantitative estimate of drug-likeness (QED) is 0.353. The second-order valence-electron chi connectivity index (χ2n) is 12.3. The summed E-state index contributed by atoms with van der Waals surface area (Å²) >= 11 is 0. The van der Waals surface area contributed by atoms with E-state index < -0.39 is 35.4 Å². The van der Waals surface area contributed by atoms with Crippen LogP contribution in [0.25, 0.3) is 11.3 Å². The van der Waals surface area contributed by atoms with Crippen molar-refractivity contribution in [1.82, 2.24) is 15.2 Å². The van der Waals surface area contributed by atoms with Crippen LogP contribution in [0.4, 0.5) is 13.2 Å². The van der Waals surface area contributed by atoms with Crippen LogP contribution in [0, 0.1) is 18.8 Å². The summed E-state index contributed by atoms with van der Waals surface area (Å²) in [5.41, 5.74) is 1.21. The zero-order chi connectivity index (χ0) is 30.1. The van der Waals surface area contributed by atoms with Crippen molar-refractivity contribution in [3.63, 3.8) is 0 Å². The molecule has 0 radical (unpaired) electrons. The maximum absolute atomic E-state index is 13.3. The minimum atomic E-state index is -4.96. The van der Waals surface area contributed by atoms with Crippen molar-refractivity contribution in [2.75, 3.05) is 0 Å². The zero-order valence-electron chi connectivity index (χ0n) is 23.9. The molecule has 0 bridgehead atoms. The Labute approximate surface area is 237 Å². The van der Waals surface area contributed by atoms with Gasteiger partial charge in [-0.3, -0.25) is 14.4 Å². The predicted molar refractivity (Wildman–Crippen MR) is 147 cm³/mol. The lowest BCUT2D eigenvalue weighted by molar-refractivity contribution is -0.274. The van der Waals surface area contributed by atoms with Crippen LogP contribution >= 0.6 is 0 Å². The van der Waals surface area contributed by atoms with E-state index in [0.717, 1.165) is 38.2 Å². The second kappa shape index (κ2) is 11.8. The first-order valence-corrected chi connectivity index (χ1v) is 14.1. The summed E-state index contributed by atoms with van der Waals surface area (Å²) in [7, 11) is 0. The molecule has 2 amide bonds. The molecule has 2 fully saturated rings. The number of alkyl halides is 3.